The van der Waals surface area contributed by atoms with Crippen molar-refractivity contribution in [3.8, 4) is 6.07 Å². The van der Waals surface area contributed by atoms with Crippen LogP contribution in [0.5, 0.6) is 0 Å². The van der Waals surface area contributed by atoms with Crippen molar-refractivity contribution in [3.05, 3.63) is 0 Å². The monoisotopic (exact) mass is 260 g/mol. The van der Waals surface area contributed by atoms with Crippen molar-refractivity contribution < 1.29 is 18.3 Å². The van der Waals surface area contributed by atoms with E-state index in [2.05, 4.69) is 0 Å². The molecule has 1 fully saturated rings. The quantitative estimate of drug-likeness (QED) is 0.785. The molecule has 0 aromatic rings. The van der Waals surface area contributed by atoms with Gasteiger partial charge in [-0.05, 0) is 18.3 Å². The van der Waals surface area contributed by atoms with E-state index in [1.54, 1.807) is 13.0 Å². The Morgan fingerprint density at radius 3 is 2.24 bits per heavy atom. The lowest BCUT2D eigenvalue weighted by atomic mass is 9.71. The van der Waals surface area contributed by atoms with Crippen molar-refractivity contribution in [1.82, 2.24) is 4.31 Å². The number of hydrogen-bond donors (Lipinski definition) is 1. The number of carbonyl (C=O) groups is 1. The fourth-order valence-electron chi connectivity index (χ4n) is 2.13. The number of carboxylic acids is 1. The van der Waals surface area contributed by atoms with E-state index in [1.165, 1.54) is 4.31 Å². The lowest BCUT2D eigenvalue weighted by molar-refractivity contribution is -0.144. The number of sulfonamides is 1. The Balaban J connectivity index is 2.80. The minimum Gasteiger partial charge on any atom is -0.480 e. The summed E-state index contributed by atoms with van der Waals surface area (Å²) in [5.41, 5.74) is -0.651. The summed E-state index contributed by atoms with van der Waals surface area (Å²) in [7, 11) is -3.23. The third-order valence-corrected chi connectivity index (χ3v) is 4.71. The van der Waals surface area contributed by atoms with Crippen LogP contribution >= 0.6 is 0 Å². The number of carboxylic acid groups (broad SMARTS) is 1. The number of nitrogens with zero attached hydrogens (tertiary/aromatic N) is 2. The summed E-state index contributed by atoms with van der Waals surface area (Å²) in [6, 6.07) is 1.80. The molecule has 1 atom stereocenters. The highest BCUT2D eigenvalue weighted by molar-refractivity contribution is 7.88. The first-order chi connectivity index (χ1) is 7.70. The maximum Gasteiger partial charge on any atom is 0.321 e. The molecule has 1 unspecified atom stereocenters. The van der Waals surface area contributed by atoms with Gasteiger partial charge in [0.05, 0.1) is 12.3 Å². The van der Waals surface area contributed by atoms with Gasteiger partial charge in [-0.3, -0.25) is 4.79 Å². The van der Waals surface area contributed by atoms with E-state index in [-0.39, 0.29) is 13.1 Å². The van der Waals surface area contributed by atoms with Gasteiger partial charge in [0.2, 0.25) is 10.0 Å². The van der Waals surface area contributed by atoms with Crippen LogP contribution in [0.15, 0.2) is 0 Å². The maximum absolute atomic E-state index is 11.3. The fraction of sp³-hybridized carbons (Fsp3) is 0.800. The average molecular weight is 260 g/mol. The summed E-state index contributed by atoms with van der Waals surface area (Å²) < 4.78 is 24.0. The number of piperidine rings is 1. The molecule has 0 saturated carbocycles. The average Bonchev–Trinajstić information content (AvgIpc) is 2.16. The van der Waals surface area contributed by atoms with E-state index in [4.69, 9.17) is 10.4 Å². The highest BCUT2D eigenvalue weighted by Crippen LogP contribution is 2.38. The first-order valence-electron chi connectivity index (χ1n) is 5.28. The number of nitriles is 1. The molecule has 1 N–H and O–H groups in total. The second kappa shape index (κ2) is 4.63. The van der Waals surface area contributed by atoms with Gasteiger partial charge in [0.25, 0.3) is 0 Å². The van der Waals surface area contributed by atoms with Crippen molar-refractivity contribution >= 4 is 16.0 Å². The van der Waals surface area contributed by atoms with E-state index in [0.717, 1.165) is 6.26 Å². The molecule has 0 spiro atoms. The zero-order valence-corrected chi connectivity index (χ0v) is 10.7. The van der Waals surface area contributed by atoms with Crippen LogP contribution in [-0.4, -0.2) is 43.1 Å². The van der Waals surface area contributed by atoms with Crippen LogP contribution in [0.25, 0.3) is 0 Å². The van der Waals surface area contributed by atoms with Gasteiger partial charge in [0, 0.05) is 13.1 Å². The summed E-state index contributed by atoms with van der Waals surface area (Å²) in [4.78, 5) is 11.0. The van der Waals surface area contributed by atoms with Crippen molar-refractivity contribution in [2.75, 3.05) is 19.3 Å². The second-order valence-electron chi connectivity index (χ2n) is 4.72. The minimum absolute atomic E-state index is 0.279. The van der Waals surface area contributed by atoms with Gasteiger partial charge in [-0.25, -0.2) is 12.7 Å². The summed E-state index contributed by atoms with van der Waals surface area (Å²) in [6.07, 6.45) is 1.92. The Kier molecular flexibility index (Phi) is 3.79. The Bertz CT molecular complexity index is 443. The molecule has 1 aliphatic heterocycles. The van der Waals surface area contributed by atoms with Crippen LogP contribution < -0.4 is 0 Å². The molecule has 96 valence electrons. The van der Waals surface area contributed by atoms with Gasteiger partial charge in [0.1, 0.15) is 5.92 Å². The predicted molar refractivity (Wildman–Crippen MR) is 60.5 cm³/mol. The molecule has 1 saturated heterocycles. The Morgan fingerprint density at radius 1 is 1.47 bits per heavy atom. The third kappa shape index (κ3) is 2.96. The number of aliphatic carboxylic acids is 1. The molecule has 1 rings (SSSR count). The van der Waals surface area contributed by atoms with Crippen LogP contribution in [0.2, 0.25) is 0 Å². The van der Waals surface area contributed by atoms with E-state index < -0.39 is 27.3 Å². The molecule has 0 amide bonds. The lowest BCUT2D eigenvalue weighted by Gasteiger charge is -2.39. The Hall–Kier alpha value is -1.13. The largest absolute Gasteiger partial charge is 0.480 e. The first kappa shape index (κ1) is 13.9. The molecule has 1 heterocycles. The molecule has 0 aromatic carbocycles. The van der Waals surface area contributed by atoms with Crippen LogP contribution in [0.1, 0.15) is 19.8 Å². The molecule has 0 aliphatic carbocycles. The smallest absolute Gasteiger partial charge is 0.321 e. The van der Waals surface area contributed by atoms with Crippen LogP contribution in [0.3, 0.4) is 0 Å². The van der Waals surface area contributed by atoms with Crippen molar-refractivity contribution in [1.29, 1.82) is 5.26 Å². The van der Waals surface area contributed by atoms with Gasteiger partial charge < -0.3 is 5.11 Å². The van der Waals surface area contributed by atoms with E-state index >= 15 is 0 Å². The van der Waals surface area contributed by atoms with Gasteiger partial charge >= 0.3 is 5.97 Å². The Labute approximate surface area is 101 Å². The number of hydrogen-bond acceptors (Lipinski definition) is 4. The molecule has 7 heteroatoms. The summed E-state index contributed by atoms with van der Waals surface area (Å²) in [6.45, 7) is 2.29. The molecule has 0 radical (unpaired) electrons. The van der Waals surface area contributed by atoms with Gasteiger partial charge in [-0.2, -0.15) is 5.26 Å². The van der Waals surface area contributed by atoms with Crippen molar-refractivity contribution in [3.63, 3.8) is 0 Å². The molecule has 0 bridgehead atoms. The molecule has 6 nitrogen and oxygen atoms in total. The lowest BCUT2D eigenvalue weighted by Crippen LogP contribution is -2.45. The highest BCUT2D eigenvalue weighted by Gasteiger charge is 2.43. The molecule has 1 aliphatic rings. The molecular formula is C10H16N2O4S. The van der Waals surface area contributed by atoms with Crippen LogP contribution in [0.4, 0.5) is 0 Å². The van der Waals surface area contributed by atoms with Gasteiger partial charge in [0.15, 0.2) is 0 Å². The van der Waals surface area contributed by atoms with E-state index in [1.807, 2.05) is 0 Å². The van der Waals surface area contributed by atoms with E-state index in [9.17, 15) is 13.2 Å². The summed E-state index contributed by atoms with van der Waals surface area (Å²) >= 11 is 0. The van der Waals surface area contributed by atoms with Crippen LogP contribution in [0, 0.1) is 22.7 Å². The normalized spacial score (nSPS) is 22.6. The van der Waals surface area contributed by atoms with Crippen molar-refractivity contribution in [2.45, 2.75) is 19.8 Å². The molecule has 17 heavy (non-hydrogen) atoms. The maximum atomic E-state index is 11.3. The van der Waals surface area contributed by atoms with Gasteiger partial charge in [-0.1, -0.05) is 6.92 Å². The van der Waals surface area contributed by atoms with Crippen molar-refractivity contribution in [2.24, 2.45) is 11.3 Å². The Morgan fingerprint density at radius 2 is 1.94 bits per heavy atom. The summed E-state index contributed by atoms with van der Waals surface area (Å²) in [5, 5.41) is 17.8. The zero-order valence-electron chi connectivity index (χ0n) is 9.88. The fourth-order valence-corrected chi connectivity index (χ4v) is 2.97. The molecular weight excluding hydrogens is 244 g/mol. The molecule has 0 aromatic heterocycles. The van der Waals surface area contributed by atoms with E-state index in [0.29, 0.717) is 12.8 Å². The van der Waals surface area contributed by atoms with Crippen LogP contribution in [-0.2, 0) is 14.8 Å². The summed E-state index contributed by atoms with van der Waals surface area (Å²) in [5.74, 6) is -2.22. The first-order valence-corrected chi connectivity index (χ1v) is 7.13. The number of rotatable bonds is 3. The minimum atomic E-state index is -3.23. The topological polar surface area (TPSA) is 98.5 Å². The second-order valence-corrected chi connectivity index (χ2v) is 6.70. The third-order valence-electron chi connectivity index (χ3n) is 3.41. The zero-order chi connectivity index (χ0) is 13.3. The van der Waals surface area contributed by atoms with Gasteiger partial charge in [-0.15, -0.1) is 0 Å². The standard InChI is InChI=1S/C10H16N2O4S/c1-10(8(7-11)9(13)14)3-5-12(6-4-10)17(2,15)16/h8H,3-6H2,1-2H3,(H,13,14). The predicted octanol–water partition coefficient (Wildman–Crippen LogP) is 0.272. The highest BCUT2D eigenvalue weighted by atomic mass is 32.2. The SMILES string of the molecule is CC1(C(C#N)C(=O)O)CCN(S(C)(=O)=O)CC1.